The first-order chi connectivity index (χ1) is 7.79. The summed E-state index contributed by atoms with van der Waals surface area (Å²) >= 11 is 0. The van der Waals surface area contributed by atoms with Gasteiger partial charge in [-0.3, -0.25) is 4.79 Å². The average Bonchev–Trinajstić information content (AvgIpc) is 2.78. The van der Waals surface area contributed by atoms with E-state index in [0.29, 0.717) is 5.56 Å². The van der Waals surface area contributed by atoms with Gasteiger partial charge in [0.05, 0.1) is 6.61 Å². The molecule has 0 radical (unpaired) electrons. The second kappa shape index (κ2) is 5.09. The number of amides is 1. The zero-order chi connectivity index (χ0) is 11.4. The first kappa shape index (κ1) is 11.1. The van der Waals surface area contributed by atoms with Crippen LogP contribution in [0.4, 0.5) is 0 Å². The molecule has 1 aromatic rings. The van der Waals surface area contributed by atoms with Crippen LogP contribution in [0.3, 0.4) is 0 Å². The molecule has 0 bridgehead atoms. The predicted molar refractivity (Wildman–Crippen MR) is 61.2 cm³/mol. The van der Waals surface area contributed by atoms with Crippen LogP contribution in [0.15, 0.2) is 30.3 Å². The highest BCUT2D eigenvalue weighted by Crippen LogP contribution is 2.07. The van der Waals surface area contributed by atoms with Gasteiger partial charge in [0.25, 0.3) is 5.91 Å². The Balaban J connectivity index is 1.89. The van der Waals surface area contributed by atoms with Gasteiger partial charge < -0.3 is 15.7 Å². The summed E-state index contributed by atoms with van der Waals surface area (Å²) in [6, 6.07) is 9.39. The third-order valence-electron chi connectivity index (χ3n) is 2.81. The number of aliphatic hydroxyl groups is 1. The molecule has 2 atom stereocenters. The minimum absolute atomic E-state index is 0.0500. The lowest BCUT2D eigenvalue weighted by Gasteiger charge is -2.11. The fraction of sp³-hybridized carbons (Fsp3) is 0.417. The standard InChI is InChI=1S/C12H16N2O2/c15-8-11-6-10(7-13-11)14-12(16)9-4-2-1-3-5-9/h1-5,10-11,13,15H,6-8H2,(H,14,16)/t10?,11-/m0/s1. The molecule has 0 aliphatic carbocycles. The molecule has 1 aromatic carbocycles. The van der Waals surface area contributed by atoms with E-state index in [-0.39, 0.29) is 24.6 Å². The number of aliphatic hydroxyl groups excluding tert-OH is 1. The van der Waals surface area contributed by atoms with E-state index in [0.717, 1.165) is 13.0 Å². The zero-order valence-electron chi connectivity index (χ0n) is 9.02. The molecule has 0 aromatic heterocycles. The Morgan fingerprint density at radius 2 is 2.19 bits per heavy atom. The lowest BCUT2D eigenvalue weighted by molar-refractivity contribution is 0.0939. The first-order valence-corrected chi connectivity index (χ1v) is 5.49. The van der Waals surface area contributed by atoms with Crippen molar-refractivity contribution in [3.8, 4) is 0 Å². The van der Waals surface area contributed by atoms with E-state index in [9.17, 15) is 4.79 Å². The third kappa shape index (κ3) is 2.59. The molecular weight excluding hydrogens is 204 g/mol. The van der Waals surface area contributed by atoms with E-state index in [1.54, 1.807) is 12.1 Å². The summed E-state index contributed by atoms with van der Waals surface area (Å²) in [6.45, 7) is 0.849. The lowest BCUT2D eigenvalue weighted by atomic mass is 10.1. The van der Waals surface area contributed by atoms with E-state index in [2.05, 4.69) is 10.6 Å². The van der Waals surface area contributed by atoms with Crippen LogP contribution in [0.5, 0.6) is 0 Å². The Hall–Kier alpha value is -1.39. The van der Waals surface area contributed by atoms with E-state index >= 15 is 0 Å². The molecule has 4 nitrogen and oxygen atoms in total. The Morgan fingerprint density at radius 3 is 2.81 bits per heavy atom. The van der Waals surface area contributed by atoms with Crippen molar-refractivity contribution in [1.29, 1.82) is 0 Å². The van der Waals surface area contributed by atoms with Crippen molar-refractivity contribution in [1.82, 2.24) is 10.6 Å². The van der Waals surface area contributed by atoms with Gasteiger partial charge in [0, 0.05) is 24.2 Å². The molecule has 4 heteroatoms. The summed E-state index contributed by atoms with van der Waals surface area (Å²) in [5, 5.41) is 15.1. The van der Waals surface area contributed by atoms with E-state index in [1.165, 1.54) is 0 Å². The fourth-order valence-corrected chi connectivity index (χ4v) is 1.93. The minimum atomic E-state index is -0.0500. The van der Waals surface area contributed by atoms with Gasteiger partial charge in [0.2, 0.25) is 0 Å². The van der Waals surface area contributed by atoms with E-state index < -0.39 is 0 Å². The molecule has 1 saturated heterocycles. The van der Waals surface area contributed by atoms with Crippen molar-refractivity contribution in [2.75, 3.05) is 13.2 Å². The molecule has 16 heavy (non-hydrogen) atoms. The maximum Gasteiger partial charge on any atom is 0.251 e. The fourth-order valence-electron chi connectivity index (χ4n) is 1.93. The third-order valence-corrected chi connectivity index (χ3v) is 2.81. The largest absolute Gasteiger partial charge is 0.395 e. The Morgan fingerprint density at radius 1 is 1.44 bits per heavy atom. The quantitative estimate of drug-likeness (QED) is 0.679. The zero-order valence-corrected chi connectivity index (χ0v) is 9.02. The second-order valence-corrected chi connectivity index (χ2v) is 4.06. The summed E-state index contributed by atoms with van der Waals surface area (Å²) in [6.07, 6.45) is 0.787. The number of carbonyl (C=O) groups excluding carboxylic acids is 1. The summed E-state index contributed by atoms with van der Waals surface area (Å²) in [5.41, 5.74) is 0.676. The van der Waals surface area contributed by atoms with Gasteiger partial charge in [-0.15, -0.1) is 0 Å². The molecule has 1 fully saturated rings. The lowest BCUT2D eigenvalue weighted by Crippen LogP contribution is -2.36. The van der Waals surface area contributed by atoms with Gasteiger partial charge in [0.15, 0.2) is 0 Å². The Kier molecular flexibility index (Phi) is 3.54. The van der Waals surface area contributed by atoms with Crippen LogP contribution in [0.2, 0.25) is 0 Å². The predicted octanol–water partition coefficient (Wildman–Crippen LogP) is 0.139. The highest BCUT2D eigenvalue weighted by molar-refractivity contribution is 5.94. The van der Waals surface area contributed by atoms with Crippen LogP contribution in [0, 0.1) is 0 Å². The van der Waals surface area contributed by atoms with Crippen molar-refractivity contribution >= 4 is 5.91 Å². The van der Waals surface area contributed by atoms with Crippen LogP contribution in [0.1, 0.15) is 16.8 Å². The van der Waals surface area contributed by atoms with Gasteiger partial charge in [-0.25, -0.2) is 0 Å². The van der Waals surface area contributed by atoms with Crippen LogP contribution >= 0.6 is 0 Å². The van der Waals surface area contributed by atoms with Crippen molar-refractivity contribution in [2.24, 2.45) is 0 Å². The van der Waals surface area contributed by atoms with Crippen molar-refractivity contribution in [3.05, 3.63) is 35.9 Å². The van der Waals surface area contributed by atoms with Gasteiger partial charge in [-0.1, -0.05) is 18.2 Å². The van der Waals surface area contributed by atoms with E-state index in [1.807, 2.05) is 18.2 Å². The minimum Gasteiger partial charge on any atom is -0.395 e. The Labute approximate surface area is 94.7 Å². The average molecular weight is 220 g/mol. The smallest absolute Gasteiger partial charge is 0.251 e. The molecule has 0 spiro atoms. The van der Waals surface area contributed by atoms with Crippen LogP contribution < -0.4 is 10.6 Å². The van der Waals surface area contributed by atoms with Crippen LogP contribution in [0.25, 0.3) is 0 Å². The van der Waals surface area contributed by atoms with Gasteiger partial charge in [0.1, 0.15) is 0 Å². The molecule has 1 unspecified atom stereocenters. The molecule has 86 valence electrons. The molecular formula is C12H16N2O2. The number of carbonyl (C=O) groups is 1. The number of hydrogen-bond acceptors (Lipinski definition) is 3. The molecule has 1 amide bonds. The summed E-state index contributed by atoms with van der Waals surface area (Å²) in [7, 11) is 0. The SMILES string of the molecule is O=C(NC1CN[C@H](CO)C1)c1ccccc1. The number of nitrogens with one attached hydrogen (secondary N) is 2. The Bertz CT molecular complexity index is 353. The molecule has 1 aliphatic heterocycles. The van der Waals surface area contributed by atoms with Crippen LogP contribution in [-0.2, 0) is 0 Å². The van der Waals surface area contributed by atoms with Crippen LogP contribution in [-0.4, -0.2) is 36.2 Å². The maximum absolute atomic E-state index is 11.8. The van der Waals surface area contributed by atoms with Gasteiger partial charge in [-0.05, 0) is 18.6 Å². The topological polar surface area (TPSA) is 61.4 Å². The second-order valence-electron chi connectivity index (χ2n) is 4.06. The summed E-state index contributed by atoms with van der Waals surface area (Å²) < 4.78 is 0. The first-order valence-electron chi connectivity index (χ1n) is 5.49. The number of rotatable bonds is 3. The molecule has 1 heterocycles. The molecule has 2 rings (SSSR count). The monoisotopic (exact) mass is 220 g/mol. The summed E-state index contributed by atoms with van der Waals surface area (Å²) in [5.74, 6) is -0.0500. The number of benzene rings is 1. The maximum atomic E-state index is 11.8. The highest BCUT2D eigenvalue weighted by atomic mass is 16.3. The number of hydrogen-bond donors (Lipinski definition) is 3. The van der Waals surface area contributed by atoms with Crippen molar-refractivity contribution in [2.45, 2.75) is 18.5 Å². The highest BCUT2D eigenvalue weighted by Gasteiger charge is 2.24. The summed E-state index contributed by atoms with van der Waals surface area (Å²) in [4.78, 5) is 11.8. The van der Waals surface area contributed by atoms with Crippen molar-refractivity contribution in [3.63, 3.8) is 0 Å². The molecule has 1 aliphatic rings. The molecule has 0 saturated carbocycles. The normalized spacial score (nSPS) is 24.3. The van der Waals surface area contributed by atoms with Gasteiger partial charge >= 0.3 is 0 Å². The van der Waals surface area contributed by atoms with E-state index in [4.69, 9.17) is 5.11 Å². The van der Waals surface area contributed by atoms with Gasteiger partial charge in [-0.2, -0.15) is 0 Å². The van der Waals surface area contributed by atoms with Crippen molar-refractivity contribution < 1.29 is 9.90 Å². The molecule has 3 N–H and O–H groups in total.